The van der Waals surface area contributed by atoms with Crippen molar-refractivity contribution in [2.45, 2.75) is 0 Å². The van der Waals surface area contributed by atoms with E-state index in [0.717, 1.165) is 63.6 Å². The molecule has 158 valence electrons. The molecule has 0 saturated carbocycles. The van der Waals surface area contributed by atoms with Crippen LogP contribution in [0, 0.1) is 0 Å². The van der Waals surface area contributed by atoms with Gasteiger partial charge in [-0.3, -0.25) is 0 Å². The molecular weight excluding hydrogens is 449 g/mol. The van der Waals surface area contributed by atoms with Crippen LogP contribution < -0.4 is 37.9 Å². The van der Waals surface area contributed by atoms with E-state index in [2.05, 4.69) is 56.5 Å². The monoisotopic (exact) mass is 473 g/mol. The summed E-state index contributed by atoms with van der Waals surface area (Å²) in [6.07, 6.45) is 0. The van der Waals surface area contributed by atoms with E-state index in [0.29, 0.717) is 0 Å². The molecule has 0 aromatic heterocycles. The molecule has 5 rings (SSSR count). The number of benzene rings is 2. The summed E-state index contributed by atoms with van der Waals surface area (Å²) in [5.74, 6) is 0. The Morgan fingerprint density at radius 1 is 0.897 bits per heavy atom. The number of anilines is 1. The second kappa shape index (κ2) is 10.8. The molecule has 0 unspecified atom stereocenters. The molecule has 3 heterocycles. The number of fused-ring (bicyclic) bond motifs is 2. The maximum atomic E-state index is 4.90. The number of aromatic nitrogens is 1. The molecule has 1 aliphatic carbocycles. The van der Waals surface area contributed by atoms with Crippen LogP contribution in [0.5, 0.6) is 0 Å². The molecule has 4 aliphatic rings. The van der Waals surface area contributed by atoms with Gasteiger partial charge in [-0.2, -0.15) is 0 Å². The minimum absolute atomic E-state index is 0. The minimum Gasteiger partial charge on any atom is -1.00 e. The van der Waals surface area contributed by atoms with E-state index in [-0.39, 0.29) is 37.2 Å². The van der Waals surface area contributed by atoms with Crippen LogP contribution in [0.4, 0.5) is 5.69 Å². The third-order valence-corrected chi connectivity index (χ3v) is 6.41. The molecule has 1 aromatic rings. The summed E-state index contributed by atoms with van der Waals surface area (Å²) in [5.41, 5.74) is 3.50. The molecular formula is C20H26Cl3N5S. The average Bonchev–Trinajstić information content (AvgIpc) is 2.73. The number of nitrogens with zero attached hydrogens (tertiary/aromatic N) is 3. The van der Waals surface area contributed by atoms with Gasteiger partial charge in [0.25, 0.3) is 0 Å². The largest absolute Gasteiger partial charge is 1.00 e. The fourth-order valence-electron chi connectivity index (χ4n) is 3.84. The van der Waals surface area contributed by atoms with Crippen LogP contribution >= 0.6 is 36.2 Å². The number of nitrogens with one attached hydrogen (secondary N) is 2. The van der Waals surface area contributed by atoms with Crippen molar-refractivity contribution in [3.63, 3.8) is 0 Å². The van der Waals surface area contributed by atoms with Gasteiger partial charge in [-0.1, -0.05) is 0 Å². The fourth-order valence-corrected chi connectivity index (χ4v) is 4.87. The topological polar surface area (TPSA) is 43.2 Å². The average molecular weight is 475 g/mol. The Kier molecular flexibility index (Phi) is 8.94. The van der Waals surface area contributed by atoms with E-state index in [4.69, 9.17) is 4.98 Å². The van der Waals surface area contributed by atoms with Crippen LogP contribution in [0.25, 0.3) is 20.8 Å². The number of piperazine rings is 2. The second-order valence-electron chi connectivity index (χ2n) is 6.99. The van der Waals surface area contributed by atoms with Crippen molar-refractivity contribution in [2.75, 3.05) is 57.3 Å². The van der Waals surface area contributed by atoms with Crippen molar-refractivity contribution in [1.29, 1.82) is 0 Å². The highest BCUT2D eigenvalue weighted by Crippen LogP contribution is 2.31. The van der Waals surface area contributed by atoms with Gasteiger partial charge in [0.15, 0.2) is 13.1 Å². The maximum absolute atomic E-state index is 4.90. The van der Waals surface area contributed by atoms with Gasteiger partial charge in [0.2, 0.25) is 5.36 Å². The van der Waals surface area contributed by atoms with Crippen LogP contribution in [-0.2, 0) is 0 Å². The van der Waals surface area contributed by atoms with Gasteiger partial charge in [-0.25, -0.2) is 9.56 Å². The molecule has 5 nitrogen and oxygen atoms in total. The second-order valence-corrected chi connectivity index (χ2v) is 8.08. The molecule has 1 aromatic carbocycles. The van der Waals surface area contributed by atoms with Gasteiger partial charge >= 0.3 is 0 Å². The first-order valence-electron chi connectivity index (χ1n) is 9.46. The molecule has 0 radical (unpaired) electrons. The lowest BCUT2D eigenvalue weighted by molar-refractivity contribution is -0.00000549. The highest BCUT2D eigenvalue weighted by atomic mass is 35.5. The van der Waals surface area contributed by atoms with Gasteiger partial charge in [-0.05, 0) is 24.3 Å². The lowest BCUT2D eigenvalue weighted by atomic mass is 10.2. The van der Waals surface area contributed by atoms with E-state index in [1.54, 1.807) is 0 Å². The number of hydrogen-bond donors (Lipinski definition) is 2. The Bertz CT molecular complexity index is 979. The zero-order chi connectivity index (χ0) is 17.3. The van der Waals surface area contributed by atoms with E-state index in [1.165, 1.54) is 20.6 Å². The maximum Gasteiger partial charge on any atom is 0.201 e. The Balaban J connectivity index is 0.000001000. The smallest absolute Gasteiger partial charge is 0.201 e. The highest BCUT2D eigenvalue weighted by molar-refractivity contribution is 7.21. The summed E-state index contributed by atoms with van der Waals surface area (Å²) in [4.78, 5) is 8.63. The predicted molar refractivity (Wildman–Crippen MR) is 124 cm³/mol. The third-order valence-electron chi connectivity index (χ3n) is 5.31. The zero-order valence-electron chi connectivity index (χ0n) is 16.1. The number of hydrogen-bond acceptors (Lipinski definition) is 5. The van der Waals surface area contributed by atoms with E-state index >= 15 is 0 Å². The van der Waals surface area contributed by atoms with Crippen LogP contribution in [0.15, 0.2) is 36.4 Å². The lowest BCUT2D eigenvalue weighted by Gasteiger charge is -2.29. The van der Waals surface area contributed by atoms with Gasteiger partial charge in [0.1, 0.15) is 0 Å². The van der Waals surface area contributed by atoms with Crippen LogP contribution in [0.3, 0.4) is 0 Å². The van der Waals surface area contributed by atoms with Crippen LogP contribution in [0.1, 0.15) is 0 Å². The van der Waals surface area contributed by atoms with E-state index in [9.17, 15) is 0 Å². The first-order chi connectivity index (χ1) is 12.9. The van der Waals surface area contributed by atoms with Crippen LogP contribution in [-0.4, -0.2) is 57.3 Å². The normalized spacial score (nSPS) is 16.7. The van der Waals surface area contributed by atoms with Crippen molar-refractivity contribution in [3.05, 3.63) is 41.8 Å². The van der Waals surface area contributed by atoms with Crippen molar-refractivity contribution in [2.24, 2.45) is 0 Å². The summed E-state index contributed by atoms with van der Waals surface area (Å²) in [6, 6.07) is 13.4. The quantitative estimate of drug-likeness (QED) is 0.352. The molecule has 0 amide bonds. The summed E-state index contributed by atoms with van der Waals surface area (Å²) >= 11 is 1.86. The van der Waals surface area contributed by atoms with Gasteiger partial charge in [-0.15, -0.1) is 36.2 Å². The van der Waals surface area contributed by atoms with E-state index < -0.39 is 0 Å². The zero-order valence-corrected chi connectivity index (χ0v) is 19.3. The third kappa shape index (κ3) is 5.13. The summed E-state index contributed by atoms with van der Waals surface area (Å²) in [6.45, 7) is 8.54. The molecule has 9 heteroatoms. The Morgan fingerprint density at radius 3 is 2.38 bits per heavy atom. The lowest BCUT2D eigenvalue weighted by Crippen LogP contribution is -3.00. The minimum atomic E-state index is 0. The van der Waals surface area contributed by atoms with Gasteiger partial charge in [0.05, 0.1) is 33.9 Å². The van der Waals surface area contributed by atoms with Gasteiger partial charge < -0.3 is 27.9 Å². The predicted octanol–water partition coefficient (Wildman–Crippen LogP) is -0.966. The molecule has 3 aliphatic heterocycles. The Labute approximate surface area is 193 Å². The molecule has 0 bridgehead atoms. The summed E-state index contributed by atoms with van der Waals surface area (Å²) < 4.78 is 3.73. The Morgan fingerprint density at radius 2 is 1.62 bits per heavy atom. The number of rotatable bonds is 1. The first kappa shape index (κ1) is 24.1. The van der Waals surface area contributed by atoms with Crippen molar-refractivity contribution >= 4 is 52.1 Å². The summed E-state index contributed by atoms with van der Waals surface area (Å²) in [7, 11) is 0. The van der Waals surface area contributed by atoms with Crippen molar-refractivity contribution in [3.8, 4) is 10.6 Å². The molecule has 0 atom stereocenters. The highest BCUT2D eigenvalue weighted by Gasteiger charge is 2.15. The van der Waals surface area contributed by atoms with Crippen LogP contribution in [0.2, 0.25) is 0 Å². The Hall–Kier alpha value is -1.15. The first-order valence-corrected chi connectivity index (χ1v) is 10.3. The number of halogens is 3. The SMILES string of the molecule is Cl.Cl.[Cl-].c1cc2nc3ccc(=[N+]4CCNCC4)cc-3sc2cc1N1CCNCC1. The molecule has 29 heavy (non-hydrogen) atoms. The van der Waals surface area contributed by atoms with Crippen molar-refractivity contribution in [1.82, 2.24) is 20.2 Å². The standard InChI is InChI=1S/C20H24N5S.3ClH/c1-3-17-19(13-15(1)24-9-5-21-6-10-24)26-20-14-16(2-4-18(20)23-17)25-11-7-22-8-12-25;;;/h1-4,13-14,21-22H,5-12H2;3*1H/q+1;;;/p-1. The molecule has 2 N–H and O–H groups in total. The fraction of sp³-hybridized carbons (Fsp3) is 0.400. The van der Waals surface area contributed by atoms with Gasteiger partial charge in [0, 0.05) is 44.0 Å². The summed E-state index contributed by atoms with van der Waals surface area (Å²) in [5, 5.41) is 8.16. The van der Waals surface area contributed by atoms with Crippen molar-refractivity contribution < 1.29 is 12.4 Å². The van der Waals surface area contributed by atoms with E-state index in [1.807, 2.05) is 11.3 Å². The molecule has 0 spiro atoms. The molecule has 2 fully saturated rings. The molecule has 2 saturated heterocycles.